The van der Waals surface area contributed by atoms with Crippen LogP contribution in [-0.2, 0) is 7.05 Å². The smallest absolute Gasteiger partial charge is 0.333 e. The Morgan fingerprint density at radius 3 is 2.45 bits per heavy atom. The van der Waals surface area contributed by atoms with Gasteiger partial charge < -0.3 is 4.98 Å². The molecule has 0 saturated carbocycles. The first-order valence-corrected chi connectivity index (χ1v) is 10.3. The second-order valence-corrected chi connectivity index (χ2v) is 8.14. The fraction of sp³-hybridized carbons (Fsp3) is 0.154. The zero-order valence-electron chi connectivity index (χ0n) is 18.1. The lowest BCUT2D eigenvalue weighted by atomic mass is 10.0. The van der Waals surface area contributed by atoms with Crippen molar-refractivity contribution in [3.05, 3.63) is 94.2 Å². The molecule has 0 aliphatic rings. The summed E-state index contributed by atoms with van der Waals surface area (Å²) in [6, 6.07) is 20.6. The molecule has 0 radical (unpaired) electrons. The van der Waals surface area contributed by atoms with Gasteiger partial charge in [-0.25, -0.2) is 9.78 Å². The Balaban J connectivity index is 1.68. The highest BCUT2D eigenvalue weighted by Crippen LogP contribution is 2.31. The molecule has 0 aliphatic heterocycles. The molecule has 1 N–H and O–H groups in total. The van der Waals surface area contributed by atoms with Crippen LogP contribution in [0.1, 0.15) is 16.7 Å². The van der Waals surface area contributed by atoms with Gasteiger partial charge in [-0.05, 0) is 62.2 Å². The van der Waals surface area contributed by atoms with E-state index >= 15 is 0 Å². The van der Waals surface area contributed by atoms with Gasteiger partial charge in [0.05, 0.1) is 34.4 Å². The van der Waals surface area contributed by atoms with Crippen molar-refractivity contribution in [3.63, 3.8) is 0 Å². The summed E-state index contributed by atoms with van der Waals surface area (Å²) in [5.74, 6) is 0. The number of aromatic nitrogens is 4. The van der Waals surface area contributed by atoms with Crippen molar-refractivity contribution < 1.29 is 0 Å². The molecule has 0 spiro atoms. The molecule has 2 aromatic heterocycles. The summed E-state index contributed by atoms with van der Waals surface area (Å²) < 4.78 is 3.48. The van der Waals surface area contributed by atoms with Crippen LogP contribution in [0.15, 0.2) is 71.8 Å². The van der Waals surface area contributed by atoms with E-state index in [1.807, 2.05) is 31.3 Å². The van der Waals surface area contributed by atoms with E-state index in [9.17, 15) is 4.79 Å². The van der Waals surface area contributed by atoms with Crippen LogP contribution >= 0.6 is 0 Å². The third kappa shape index (κ3) is 3.10. The molecule has 0 bridgehead atoms. The first kappa shape index (κ1) is 19.1. The lowest BCUT2D eigenvalue weighted by Gasteiger charge is -2.08. The topological polar surface area (TPSA) is 55.6 Å². The molecule has 31 heavy (non-hydrogen) atoms. The van der Waals surface area contributed by atoms with E-state index in [0.29, 0.717) is 0 Å². The van der Waals surface area contributed by atoms with Crippen LogP contribution in [-0.4, -0.2) is 19.1 Å². The number of H-pyrrole nitrogens is 1. The molecule has 5 heteroatoms. The number of hydrogen-bond donors (Lipinski definition) is 1. The second kappa shape index (κ2) is 7.13. The van der Waals surface area contributed by atoms with Gasteiger partial charge in [0.2, 0.25) is 0 Å². The number of aromatic amines is 1. The largest absolute Gasteiger partial charge is 0.344 e. The molecular formula is C26H24N4O. The van der Waals surface area contributed by atoms with E-state index in [1.165, 1.54) is 16.7 Å². The average Bonchev–Trinajstić information content (AvgIpc) is 3.34. The predicted molar refractivity (Wildman–Crippen MR) is 126 cm³/mol. The Morgan fingerprint density at radius 2 is 1.68 bits per heavy atom. The van der Waals surface area contributed by atoms with Gasteiger partial charge in [0, 0.05) is 18.2 Å². The van der Waals surface area contributed by atoms with Gasteiger partial charge in [-0.3, -0.25) is 9.13 Å². The van der Waals surface area contributed by atoms with Gasteiger partial charge in [-0.1, -0.05) is 35.9 Å². The van der Waals surface area contributed by atoms with Gasteiger partial charge in [0.15, 0.2) is 0 Å². The highest BCUT2D eigenvalue weighted by atomic mass is 16.1. The molecule has 0 unspecified atom stereocenters. The van der Waals surface area contributed by atoms with E-state index < -0.39 is 0 Å². The minimum absolute atomic E-state index is 0.0566. The predicted octanol–water partition coefficient (Wildman–Crippen LogP) is 5.31. The Hall–Kier alpha value is -3.86. The van der Waals surface area contributed by atoms with Crippen LogP contribution in [0, 0.1) is 20.8 Å². The lowest BCUT2D eigenvalue weighted by Crippen LogP contribution is -2.20. The maximum absolute atomic E-state index is 13.1. The maximum Gasteiger partial charge on any atom is 0.333 e. The van der Waals surface area contributed by atoms with Crippen LogP contribution in [0.2, 0.25) is 0 Å². The zero-order valence-corrected chi connectivity index (χ0v) is 18.1. The normalized spacial score (nSPS) is 11.4. The summed E-state index contributed by atoms with van der Waals surface area (Å²) >= 11 is 0. The molecule has 0 aliphatic carbocycles. The van der Waals surface area contributed by atoms with E-state index in [2.05, 4.69) is 67.1 Å². The fourth-order valence-corrected chi connectivity index (χ4v) is 4.13. The number of aryl methyl sites for hydroxylation is 4. The Labute approximate surface area is 180 Å². The quantitative estimate of drug-likeness (QED) is 0.440. The van der Waals surface area contributed by atoms with Crippen LogP contribution in [0.3, 0.4) is 0 Å². The lowest BCUT2D eigenvalue weighted by molar-refractivity contribution is 0.846. The first-order valence-electron chi connectivity index (χ1n) is 10.3. The molecule has 5 aromatic rings. The van der Waals surface area contributed by atoms with Crippen LogP contribution in [0.4, 0.5) is 0 Å². The molecule has 5 rings (SSSR count). The van der Waals surface area contributed by atoms with Crippen molar-refractivity contribution in [1.82, 2.24) is 19.1 Å². The van der Waals surface area contributed by atoms with Crippen molar-refractivity contribution in [2.75, 3.05) is 0 Å². The summed E-state index contributed by atoms with van der Waals surface area (Å²) in [4.78, 5) is 21.0. The minimum atomic E-state index is -0.0566. The van der Waals surface area contributed by atoms with E-state index in [1.54, 1.807) is 15.5 Å². The maximum atomic E-state index is 13.1. The Morgan fingerprint density at radius 1 is 0.839 bits per heavy atom. The number of benzene rings is 3. The number of rotatable bonds is 3. The fourth-order valence-electron chi connectivity index (χ4n) is 4.13. The third-order valence-corrected chi connectivity index (χ3v) is 6.02. The minimum Gasteiger partial charge on any atom is -0.344 e. The SMILES string of the molecule is Cc1cccc(-c2nc[nH]c2-c2ccc3c(c2)n(C)c(=O)n3-c2ccc(C)c(C)c2)c1. The second-order valence-electron chi connectivity index (χ2n) is 8.14. The number of nitrogens with one attached hydrogen (secondary N) is 1. The summed E-state index contributed by atoms with van der Waals surface area (Å²) in [6.07, 6.45) is 1.72. The van der Waals surface area contributed by atoms with E-state index in [-0.39, 0.29) is 5.69 Å². The molecule has 3 aromatic carbocycles. The average molecular weight is 409 g/mol. The number of hydrogen-bond acceptors (Lipinski definition) is 2. The van der Waals surface area contributed by atoms with Gasteiger partial charge in [-0.2, -0.15) is 0 Å². The Bertz CT molecular complexity index is 1500. The van der Waals surface area contributed by atoms with Crippen molar-refractivity contribution in [1.29, 1.82) is 0 Å². The van der Waals surface area contributed by atoms with Crippen LogP contribution in [0.25, 0.3) is 39.2 Å². The highest BCUT2D eigenvalue weighted by molar-refractivity contribution is 5.87. The van der Waals surface area contributed by atoms with E-state index in [0.717, 1.165) is 39.2 Å². The summed E-state index contributed by atoms with van der Waals surface area (Å²) in [7, 11) is 1.82. The molecule has 154 valence electrons. The summed E-state index contributed by atoms with van der Waals surface area (Å²) in [6.45, 7) is 6.22. The standard InChI is InChI=1S/C26H24N4O/c1-16-6-5-7-19(12-16)24-25(28-15-27-24)20-9-11-22-23(14-20)29(4)26(31)30(22)21-10-8-17(2)18(3)13-21/h5-15H,1-4H3,(H,27,28). The van der Waals surface area contributed by atoms with Gasteiger partial charge in [-0.15, -0.1) is 0 Å². The van der Waals surface area contributed by atoms with Gasteiger partial charge >= 0.3 is 5.69 Å². The number of fused-ring (bicyclic) bond motifs is 1. The molecule has 5 nitrogen and oxygen atoms in total. The van der Waals surface area contributed by atoms with Gasteiger partial charge in [0.1, 0.15) is 0 Å². The van der Waals surface area contributed by atoms with Gasteiger partial charge in [0.25, 0.3) is 0 Å². The summed E-state index contributed by atoms with van der Waals surface area (Å²) in [5.41, 5.74) is 10.1. The monoisotopic (exact) mass is 408 g/mol. The zero-order chi connectivity index (χ0) is 21.7. The highest BCUT2D eigenvalue weighted by Gasteiger charge is 2.16. The molecule has 2 heterocycles. The van der Waals surface area contributed by atoms with Crippen molar-refractivity contribution in [2.24, 2.45) is 7.05 Å². The van der Waals surface area contributed by atoms with Crippen molar-refractivity contribution in [3.8, 4) is 28.2 Å². The third-order valence-electron chi connectivity index (χ3n) is 6.02. The number of nitrogens with zero attached hydrogens (tertiary/aromatic N) is 3. The van der Waals surface area contributed by atoms with Crippen LogP contribution in [0.5, 0.6) is 0 Å². The van der Waals surface area contributed by atoms with E-state index in [4.69, 9.17) is 0 Å². The van der Waals surface area contributed by atoms with Crippen molar-refractivity contribution in [2.45, 2.75) is 20.8 Å². The van der Waals surface area contributed by atoms with Crippen LogP contribution < -0.4 is 5.69 Å². The molecule has 0 saturated heterocycles. The summed E-state index contributed by atoms with van der Waals surface area (Å²) in [5, 5.41) is 0. The molecule has 0 fully saturated rings. The first-order chi connectivity index (χ1) is 14.9. The molecular weight excluding hydrogens is 384 g/mol. The van der Waals surface area contributed by atoms with Crippen molar-refractivity contribution >= 4 is 11.0 Å². The number of imidazole rings is 2. The molecule has 0 amide bonds. The Kier molecular flexibility index (Phi) is 4.40. The molecule has 0 atom stereocenters.